The molecule has 0 unspecified atom stereocenters. The van der Waals surface area contributed by atoms with Gasteiger partial charge in [-0.25, -0.2) is 9.97 Å². The highest BCUT2D eigenvalue weighted by molar-refractivity contribution is 6.06. The summed E-state index contributed by atoms with van der Waals surface area (Å²) in [5, 5.41) is 20.1. The van der Waals surface area contributed by atoms with Gasteiger partial charge in [0, 0.05) is 11.8 Å². The van der Waals surface area contributed by atoms with Crippen molar-refractivity contribution in [1.82, 2.24) is 14.5 Å². The van der Waals surface area contributed by atoms with E-state index in [1.165, 1.54) is 0 Å². The predicted octanol–water partition coefficient (Wildman–Crippen LogP) is 0.807. The fraction of sp³-hybridized carbons (Fsp3) is 0.333. The molecule has 0 saturated carbocycles. The standard InChI is InChI=1S/C15H16N4O3/c16-15-13-14(8-3-1-2-4-9(8)18-15)19(7-17-13)12-5-10(21)11(6-20)22-12/h1-4,7,10-12,20-21H,5-6H2,(H2,16,18)/t10-,11+,12-/m0/s1. The van der Waals surface area contributed by atoms with Crippen molar-refractivity contribution in [3.63, 3.8) is 0 Å². The number of hydrogen-bond donors (Lipinski definition) is 3. The molecule has 22 heavy (non-hydrogen) atoms. The fourth-order valence-corrected chi connectivity index (χ4v) is 3.04. The lowest BCUT2D eigenvalue weighted by molar-refractivity contribution is -0.0430. The molecule has 1 aliphatic heterocycles. The van der Waals surface area contributed by atoms with Gasteiger partial charge in [0.05, 0.1) is 30.1 Å². The molecule has 0 spiro atoms. The largest absolute Gasteiger partial charge is 0.394 e. The second-order valence-electron chi connectivity index (χ2n) is 5.48. The topological polar surface area (TPSA) is 106 Å². The van der Waals surface area contributed by atoms with Gasteiger partial charge in [0.2, 0.25) is 0 Å². The van der Waals surface area contributed by atoms with Gasteiger partial charge in [0.15, 0.2) is 5.82 Å². The van der Waals surface area contributed by atoms with Crippen LogP contribution in [0.25, 0.3) is 21.9 Å². The van der Waals surface area contributed by atoms with Crippen molar-refractivity contribution >= 4 is 27.8 Å². The Hall–Kier alpha value is -2.22. The van der Waals surface area contributed by atoms with Gasteiger partial charge in [0.1, 0.15) is 17.8 Å². The van der Waals surface area contributed by atoms with Crippen molar-refractivity contribution in [2.45, 2.75) is 24.9 Å². The van der Waals surface area contributed by atoms with Gasteiger partial charge in [-0.2, -0.15) is 0 Å². The summed E-state index contributed by atoms with van der Waals surface area (Å²) in [5.74, 6) is 0.365. The van der Waals surface area contributed by atoms with Gasteiger partial charge in [-0.05, 0) is 6.07 Å². The van der Waals surface area contributed by atoms with Crippen LogP contribution in [0.15, 0.2) is 30.6 Å². The second kappa shape index (κ2) is 4.91. The van der Waals surface area contributed by atoms with Crippen LogP contribution in [0.3, 0.4) is 0 Å². The summed E-state index contributed by atoms with van der Waals surface area (Å²) < 4.78 is 7.58. The van der Waals surface area contributed by atoms with Gasteiger partial charge in [-0.3, -0.25) is 0 Å². The molecular weight excluding hydrogens is 284 g/mol. The molecule has 0 radical (unpaired) electrons. The number of aliphatic hydroxyl groups excluding tert-OH is 2. The quantitative estimate of drug-likeness (QED) is 0.646. The lowest BCUT2D eigenvalue weighted by Gasteiger charge is -2.15. The third-order valence-electron chi connectivity index (χ3n) is 4.13. The van der Waals surface area contributed by atoms with E-state index in [1.54, 1.807) is 6.33 Å². The number of nitrogens with zero attached hydrogens (tertiary/aromatic N) is 3. The number of pyridine rings is 1. The first-order chi connectivity index (χ1) is 10.7. The van der Waals surface area contributed by atoms with Crippen molar-refractivity contribution < 1.29 is 14.9 Å². The van der Waals surface area contributed by atoms with Crippen molar-refractivity contribution in [2.75, 3.05) is 12.3 Å². The fourth-order valence-electron chi connectivity index (χ4n) is 3.04. The van der Waals surface area contributed by atoms with E-state index in [0.29, 0.717) is 17.8 Å². The average molecular weight is 300 g/mol. The molecule has 7 nitrogen and oxygen atoms in total. The molecular formula is C15H16N4O3. The number of anilines is 1. The summed E-state index contributed by atoms with van der Waals surface area (Å²) in [5.41, 5.74) is 8.23. The van der Waals surface area contributed by atoms with Gasteiger partial charge in [-0.15, -0.1) is 0 Å². The van der Waals surface area contributed by atoms with E-state index >= 15 is 0 Å². The monoisotopic (exact) mass is 300 g/mol. The summed E-state index contributed by atoms with van der Waals surface area (Å²) in [6.07, 6.45) is 0.382. The summed E-state index contributed by atoms with van der Waals surface area (Å²) in [6, 6.07) is 7.68. The first-order valence-corrected chi connectivity index (χ1v) is 7.14. The van der Waals surface area contributed by atoms with E-state index in [9.17, 15) is 10.2 Å². The highest BCUT2D eigenvalue weighted by Crippen LogP contribution is 2.34. The SMILES string of the molecule is Nc1nc2ccccc2c2c1ncn2[C@@H]1C[C@H](O)[C@@H](CO)O1. The van der Waals surface area contributed by atoms with Gasteiger partial charge in [-0.1, -0.05) is 18.2 Å². The zero-order valence-corrected chi connectivity index (χ0v) is 11.8. The Bertz CT molecular complexity index is 847. The normalized spacial score (nSPS) is 25.3. The van der Waals surface area contributed by atoms with E-state index in [0.717, 1.165) is 16.4 Å². The minimum Gasteiger partial charge on any atom is -0.394 e. The molecule has 2 aromatic heterocycles. The van der Waals surface area contributed by atoms with E-state index in [1.807, 2.05) is 28.8 Å². The molecule has 1 saturated heterocycles. The number of ether oxygens (including phenoxy) is 1. The summed E-state index contributed by atoms with van der Waals surface area (Å²) in [7, 11) is 0. The Balaban J connectivity index is 1.92. The maximum atomic E-state index is 9.94. The van der Waals surface area contributed by atoms with Crippen LogP contribution in [0.1, 0.15) is 12.6 Å². The minimum absolute atomic E-state index is 0.214. The molecule has 1 aliphatic rings. The number of hydrogen-bond acceptors (Lipinski definition) is 6. The number of para-hydroxylation sites is 1. The first-order valence-electron chi connectivity index (χ1n) is 7.14. The van der Waals surface area contributed by atoms with Gasteiger partial charge < -0.3 is 25.3 Å². The highest BCUT2D eigenvalue weighted by Gasteiger charge is 2.35. The van der Waals surface area contributed by atoms with Crippen molar-refractivity contribution in [3.8, 4) is 0 Å². The molecule has 114 valence electrons. The van der Waals surface area contributed by atoms with Crippen LogP contribution < -0.4 is 5.73 Å². The van der Waals surface area contributed by atoms with Crippen LogP contribution in [-0.4, -0.2) is 43.6 Å². The predicted molar refractivity (Wildman–Crippen MR) is 81.1 cm³/mol. The minimum atomic E-state index is -0.696. The van der Waals surface area contributed by atoms with Crippen LogP contribution in [-0.2, 0) is 4.74 Å². The van der Waals surface area contributed by atoms with E-state index < -0.39 is 12.2 Å². The van der Waals surface area contributed by atoms with E-state index in [2.05, 4.69) is 9.97 Å². The number of aromatic nitrogens is 3. The number of fused-ring (bicyclic) bond motifs is 3. The zero-order chi connectivity index (χ0) is 15.3. The van der Waals surface area contributed by atoms with Crippen molar-refractivity contribution in [3.05, 3.63) is 30.6 Å². The number of benzene rings is 1. The molecule has 0 amide bonds. The number of nitrogen functional groups attached to an aromatic ring is 1. The highest BCUT2D eigenvalue weighted by atomic mass is 16.5. The lowest BCUT2D eigenvalue weighted by Crippen LogP contribution is -2.24. The van der Waals surface area contributed by atoms with Crippen LogP contribution in [0.4, 0.5) is 5.82 Å². The molecule has 3 atom stereocenters. The Morgan fingerprint density at radius 2 is 2.18 bits per heavy atom. The molecule has 1 fully saturated rings. The maximum absolute atomic E-state index is 9.94. The molecule has 1 aromatic carbocycles. The summed E-state index contributed by atoms with van der Waals surface area (Å²) in [4.78, 5) is 8.70. The summed E-state index contributed by atoms with van der Waals surface area (Å²) >= 11 is 0. The number of imidazole rings is 1. The lowest BCUT2D eigenvalue weighted by atomic mass is 10.1. The van der Waals surface area contributed by atoms with Crippen LogP contribution in [0.2, 0.25) is 0 Å². The van der Waals surface area contributed by atoms with E-state index in [-0.39, 0.29) is 12.8 Å². The molecule has 4 rings (SSSR count). The smallest absolute Gasteiger partial charge is 0.152 e. The number of rotatable bonds is 2. The Labute approximate surface area is 126 Å². The molecule has 7 heteroatoms. The van der Waals surface area contributed by atoms with Gasteiger partial charge >= 0.3 is 0 Å². The Morgan fingerprint density at radius 1 is 1.36 bits per heavy atom. The number of aliphatic hydroxyl groups is 2. The third kappa shape index (κ3) is 1.87. The third-order valence-corrected chi connectivity index (χ3v) is 4.13. The molecule has 4 N–H and O–H groups in total. The zero-order valence-electron chi connectivity index (χ0n) is 11.8. The second-order valence-corrected chi connectivity index (χ2v) is 5.48. The van der Waals surface area contributed by atoms with Gasteiger partial charge in [0.25, 0.3) is 0 Å². The van der Waals surface area contributed by atoms with Crippen molar-refractivity contribution in [2.24, 2.45) is 0 Å². The van der Waals surface area contributed by atoms with Crippen LogP contribution in [0.5, 0.6) is 0 Å². The average Bonchev–Trinajstić information content (AvgIpc) is 3.11. The number of nitrogens with two attached hydrogens (primary N) is 1. The summed E-state index contributed by atoms with van der Waals surface area (Å²) in [6.45, 7) is -0.214. The molecule has 0 aliphatic carbocycles. The molecule has 3 heterocycles. The molecule has 0 bridgehead atoms. The van der Waals surface area contributed by atoms with Crippen molar-refractivity contribution in [1.29, 1.82) is 0 Å². The maximum Gasteiger partial charge on any atom is 0.152 e. The Morgan fingerprint density at radius 3 is 2.95 bits per heavy atom. The van der Waals surface area contributed by atoms with Crippen LogP contribution >= 0.6 is 0 Å². The Kier molecular flexibility index (Phi) is 3.00. The first kappa shape index (κ1) is 13.4. The van der Waals surface area contributed by atoms with Crippen LogP contribution in [0, 0.1) is 0 Å². The van der Waals surface area contributed by atoms with E-state index in [4.69, 9.17) is 10.5 Å². The molecule has 3 aromatic rings.